The smallest absolute Gasteiger partial charge is 0.272 e. The molecule has 0 unspecified atom stereocenters. The standard InChI is InChI=1S/C11H11N5O4S/c1-7-4-8(2-3-10(7)16(17)18)15-21(19,20)9-5-13-11(12)14-6-9/h2-6,15H,1H3,(H2,12,13,14). The molecule has 1 aromatic carbocycles. The summed E-state index contributed by atoms with van der Waals surface area (Å²) in [5.41, 5.74) is 5.74. The highest BCUT2D eigenvalue weighted by atomic mass is 32.2. The lowest BCUT2D eigenvalue weighted by Crippen LogP contribution is -2.14. The van der Waals surface area contributed by atoms with E-state index in [1.807, 2.05) is 0 Å². The second kappa shape index (κ2) is 5.32. The summed E-state index contributed by atoms with van der Waals surface area (Å²) in [6.45, 7) is 1.52. The minimum atomic E-state index is -3.88. The number of nitrogens with two attached hydrogens (primary N) is 1. The summed E-state index contributed by atoms with van der Waals surface area (Å²) >= 11 is 0. The van der Waals surface area contributed by atoms with E-state index in [1.165, 1.54) is 25.1 Å². The molecule has 0 spiro atoms. The van der Waals surface area contributed by atoms with Crippen LogP contribution in [0.1, 0.15) is 5.56 Å². The SMILES string of the molecule is Cc1cc(NS(=O)(=O)c2cnc(N)nc2)ccc1[N+](=O)[O-]. The molecule has 1 aromatic heterocycles. The Morgan fingerprint density at radius 1 is 1.29 bits per heavy atom. The van der Waals surface area contributed by atoms with Crippen molar-refractivity contribution in [1.29, 1.82) is 0 Å². The Bertz CT molecular complexity index is 789. The topological polar surface area (TPSA) is 141 Å². The van der Waals surface area contributed by atoms with E-state index < -0.39 is 14.9 Å². The summed E-state index contributed by atoms with van der Waals surface area (Å²) < 4.78 is 26.4. The number of nitrogens with zero attached hydrogens (tertiary/aromatic N) is 3. The normalized spacial score (nSPS) is 11.1. The number of nitrogens with one attached hydrogen (secondary N) is 1. The predicted molar refractivity (Wildman–Crippen MR) is 75.1 cm³/mol. The Kier molecular flexibility index (Phi) is 3.72. The Morgan fingerprint density at radius 2 is 1.90 bits per heavy atom. The molecule has 3 N–H and O–H groups in total. The van der Waals surface area contributed by atoms with Crippen LogP contribution >= 0.6 is 0 Å². The number of hydrogen-bond donors (Lipinski definition) is 2. The van der Waals surface area contributed by atoms with Crippen molar-refractivity contribution in [3.05, 3.63) is 46.3 Å². The number of anilines is 2. The number of sulfonamides is 1. The van der Waals surface area contributed by atoms with Gasteiger partial charge in [-0.05, 0) is 19.1 Å². The fourth-order valence-corrected chi connectivity index (χ4v) is 2.54. The van der Waals surface area contributed by atoms with Crippen molar-refractivity contribution in [1.82, 2.24) is 9.97 Å². The molecule has 0 amide bonds. The van der Waals surface area contributed by atoms with E-state index in [-0.39, 0.29) is 22.2 Å². The number of aryl methyl sites for hydroxylation is 1. The van der Waals surface area contributed by atoms with Gasteiger partial charge in [0.15, 0.2) is 0 Å². The van der Waals surface area contributed by atoms with E-state index in [0.717, 1.165) is 12.4 Å². The molecule has 0 bridgehead atoms. The van der Waals surface area contributed by atoms with Crippen molar-refractivity contribution >= 4 is 27.3 Å². The zero-order valence-electron chi connectivity index (χ0n) is 10.8. The first-order valence-electron chi connectivity index (χ1n) is 5.65. The number of nitro groups is 1. The van der Waals surface area contributed by atoms with Crippen molar-refractivity contribution in [2.75, 3.05) is 10.5 Å². The Morgan fingerprint density at radius 3 is 2.43 bits per heavy atom. The molecule has 9 nitrogen and oxygen atoms in total. The van der Waals surface area contributed by atoms with Crippen LogP contribution in [-0.2, 0) is 10.0 Å². The van der Waals surface area contributed by atoms with Gasteiger partial charge in [0, 0.05) is 17.3 Å². The molecule has 21 heavy (non-hydrogen) atoms. The number of benzene rings is 1. The van der Waals surface area contributed by atoms with Crippen LogP contribution < -0.4 is 10.5 Å². The monoisotopic (exact) mass is 309 g/mol. The minimum absolute atomic E-state index is 0.0415. The second-order valence-corrected chi connectivity index (χ2v) is 5.82. The molecule has 1 heterocycles. The third-order valence-corrected chi connectivity index (χ3v) is 3.94. The maximum absolute atomic E-state index is 12.1. The van der Waals surface area contributed by atoms with Crippen LogP contribution in [0.2, 0.25) is 0 Å². The molecule has 0 aliphatic carbocycles. The molecule has 110 valence electrons. The Labute approximate surface area is 120 Å². The molecule has 0 radical (unpaired) electrons. The van der Waals surface area contributed by atoms with Gasteiger partial charge in [-0.25, -0.2) is 18.4 Å². The van der Waals surface area contributed by atoms with Gasteiger partial charge in [-0.3, -0.25) is 14.8 Å². The van der Waals surface area contributed by atoms with Crippen LogP contribution in [-0.4, -0.2) is 23.3 Å². The Balaban J connectivity index is 2.31. The van der Waals surface area contributed by atoms with Crippen molar-refractivity contribution in [2.24, 2.45) is 0 Å². The third-order valence-electron chi connectivity index (χ3n) is 2.60. The average Bonchev–Trinajstić information content (AvgIpc) is 2.38. The van der Waals surface area contributed by atoms with Crippen LogP contribution in [0.5, 0.6) is 0 Å². The predicted octanol–water partition coefficient (Wildman–Crippen LogP) is 1.08. The highest BCUT2D eigenvalue weighted by Crippen LogP contribution is 2.23. The maximum atomic E-state index is 12.1. The summed E-state index contributed by atoms with van der Waals surface area (Å²) in [6.07, 6.45) is 2.14. The second-order valence-electron chi connectivity index (χ2n) is 4.14. The van der Waals surface area contributed by atoms with E-state index in [2.05, 4.69) is 14.7 Å². The number of hydrogen-bond acceptors (Lipinski definition) is 7. The van der Waals surface area contributed by atoms with Gasteiger partial charge < -0.3 is 5.73 Å². The van der Waals surface area contributed by atoms with Crippen LogP contribution in [0, 0.1) is 17.0 Å². The number of rotatable bonds is 4. The highest BCUT2D eigenvalue weighted by molar-refractivity contribution is 7.92. The molecule has 0 aliphatic heterocycles. The summed E-state index contributed by atoms with van der Waals surface area (Å²) in [5.74, 6) is -0.0415. The van der Waals surface area contributed by atoms with Gasteiger partial charge in [0.25, 0.3) is 15.7 Å². The summed E-state index contributed by atoms with van der Waals surface area (Å²) in [6, 6.07) is 3.90. The van der Waals surface area contributed by atoms with Crippen molar-refractivity contribution < 1.29 is 13.3 Å². The number of nitro benzene ring substituents is 1. The van der Waals surface area contributed by atoms with Crippen LogP contribution in [0.3, 0.4) is 0 Å². The van der Waals surface area contributed by atoms with E-state index in [9.17, 15) is 18.5 Å². The molecule has 10 heteroatoms. The maximum Gasteiger partial charge on any atom is 0.272 e. The minimum Gasteiger partial charge on any atom is -0.368 e. The molecule has 0 aliphatic rings. The van der Waals surface area contributed by atoms with Gasteiger partial charge in [0.1, 0.15) is 4.90 Å². The molecular formula is C11H11N5O4S. The van der Waals surface area contributed by atoms with Crippen LogP contribution in [0.4, 0.5) is 17.3 Å². The number of aromatic nitrogens is 2. The summed E-state index contributed by atoms with van der Waals surface area (Å²) in [5, 5.41) is 10.7. The van der Waals surface area contributed by atoms with Crippen molar-refractivity contribution in [2.45, 2.75) is 11.8 Å². The zero-order chi connectivity index (χ0) is 15.6. The first-order chi connectivity index (χ1) is 9.79. The lowest BCUT2D eigenvalue weighted by Gasteiger charge is -2.08. The van der Waals surface area contributed by atoms with E-state index in [4.69, 9.17) is 5.73 Å². The van der Waals surface area contributed by atoms with Crippen LogP contribution in [0.15, 0.2) is 35.5 Å². The van der Waals surface area contributed by atoms with Gasteiger partial charge in [-0.1, -0.05) is 0 Å². The van der Waals surface area contributed by atoms with Crippen LogP contribution in [0.25, 0.3) is 0 Å². The molecule has 0 atom stereocenters. The first kappa shape index (κ1) is 14.7. The lowest BCUT2D eigenvalue weighted by atomic mass is 10.2. The quantitative estimate of drug-likeness (QED) is 0.635. The number of nitrogen functional groups attached to an aromatic ring is 1. The van der Waals surface area contributed by atoms with Crippen molar-refractivity contribution in [3.8, 4) is 0 Å². The first-order valence-corrected chi connectivity index (χ1v) is 7.13. The summed E-state index contributed by atoms with van der Waals surface area (Å²) in [4.78, 5) is 17.2. The van der Waals surface area contributed by atoms with Crippen molar-refractivity contribution in [3.63, 3.8) is 0 Å². The molecule has 0 saturated carbocycles. The lowest BCUT2D eigenvalue weighted by molar-refractivity contribution is -0.385. The zero-order valence-corrected chi connectivity index (χ0v) is 11.7. The molecule has 0 saturated heterocycles. The van der Waals surface area contributed by atoms with Gasteiger partial charge in [-0.2, -0.15) is 0 Å². The van der Waals surface area contributed by atoms with Gasteiger partial charge in [-0.15, -0.1) is 0 Å². The van der Waals surface area contributed by atoms with E-state index >= 15 is 0 Å². The fourth-order valence-electron chi connectivity index (χ4n) is 1.60. The highest BCUT2D eigenvalue weighted by Gasteiger charge is 2.17. The molecular weight excluding hydrogens is 298 g/mol. The van der Waals surface area contributed by atoms with Gasteiger partial charge in [0.05, 0.1) is 17.3 Å². The fraction of sp³-hybridized carbons (Fsp3) is 0.0909. The third kappa shape index (κ3) is 3.23. The molecule has 0 fully saturated rings. The summed E-state index contributed by atoms with van der Waals surface area (Å²) in [7, 11) is -3.88. The average molecular weight is 309 g/mol. The van der Waals surface area contributed by atoms with Gasteiger partial charge >= 0.3 is 0 Å². The molecule has 2 rings (SSSR count). The Hall–Kier alpha value is -2.75. The van der Waals surface area contributed by atoms with Gasteiger partial charge in [0.2, 0.25) is 5.95 Å². The molecule has 2 aromatic rings. The van der Waals surface area contributed by atoms with E-state index in [1.54, 1.807) is 0 Å². The van der Waals surface area contributed by atoms with E-state index in [0.29, 0.717) is 5.56 Å². The largest absolute Gasteiger partial charge is 0.368 e.